The second kappa shape index (κ2) is 16.8. The van der Waals surface area contributed by atoms with Crippen molar-refractivity contribution in [2.24, 2.45) is 5.73 Å². The summed E-state index contributed by atoms with van der Waals surface area (Å²) in [4.78, 5) is 8.58. The van der Waals surface area contributed by atoms with Crippen LogP contribution < -0.4 is 5.73 Å². The highest BCUT2D eigenvalue weighted by Crippen LogP contribution is 2.04. The average molecular weight is 177 g/mol. The molecule has 0 aromatic carbocycles. The fourth-order valence-corrected chi connectivity index (χ4v) is 0.875. The number of carbonyl (C=O) groups is 1. The number of alkyl halides is 1. The molecular formula is C9H20FNO. The molecule has 0 saturated heterocycles. The molecule has 0 spiro atoms. The molecule has 2 nitrogen and oxygen atoms in total. The van der Waals surface area contributed by atoms with Crippen LogP contribution in [0.1, 0.15) is 45.4 Å². The zero-order valence-electron chi connectivity index (χ0n) is 7.89. The van der Waals surface area contributed by atoms with Crippen LogP contribution in [0.5, 0.6) is 0 Å². The van der Waals surface area contributed by atoms with Crippen LogP contribution in [0, 0.1) is 0 Å². The van der Waals surface area contributed by atoms with E-state index < -0.39 is 0 Å². The Morgan fingerprint density at radius 1 is 1.17 bits per heavy atom. The number of carbonyl (C=O) groups excluding carboxylic acids is 1. The smallest absolute Gasteiger partial charge is 0.204 e. The molecular weight excluding hydrogens is 157 g/mol. The van der Waals surface area contributed by atoms with Crippen LogP contribution >= 0.6 is 0 Å². The maximum absolute atomic E-state index is 11.5. The quantitative estimate of drug-likeness (QED) is 0.491. The topological polar surface area (TPSA) is 43.1 Å². The molecule has 0 rings (SSSR count). The summed E-state index contributed by atoms with van der Waals surface area (Å²) < 4.78 is 11.5. The first-order valence-electron chi connectivity index (χ1n) is 4.54. The van der Waals surface area contributed by atoms with E-state index in [9.17, 15) is 4.39 Å². The number of hydrogen-bond donors (Lipinski definition) is 1. The minimum Gasteiger partial charge on any atom is -0.372 e. The highest BCUT2D eigenvalue weighted by atomic mass is 19.1. The first kappa shape index (κ1) is 14.0. The molecule has 3 heteroatoms. The number of halogens is 1. The molecule has 0 bridgehead atoms. The van der Waals surface area contributed by atoms with E-state index in [1.165, 1.54) is 25.7 Å². The minimum atomic E-state index is -0.133. The van der Waals surface area contributed by atoms with Crippen molar-refractivity contribution >= 4 is 6.41 Å². The van der Waals surface area contributed by atoms with Crippen molar-refractivity contribution in [1.29, 1.82) is 0 Å². The second-order valence-electron chi connectivity index (χ2n) is 2.59. The van der Waals surface area contributed by atoms with Gasteiger partial charge in [-0.15, -0.1) is 0 Å². The van der Waals surface area contributed by atoms with Gasteiger partial charge in [0.15, 0.2) is 0 Å². The predicted octanol–water partition coefficient (Wildman–Crippen LogP) is 2.42. The van der Waals surface area contributed by atoms with Crippen molar-refractivity contribution in [1.82, 2.24) is 0 Å². The molecule has 1 amide bonds. The summed E-state index contributed by atoms with van der Waals surface area (Å²) in [5.74, 6) is 0. The number of primary amides is 1. The lowest BCUT2D eigenvalue weighted by molar-refractivity contribution is -0.106. The summed E-state index contributed by atoms with van der Waals surface area (Å²) in [5, 5.41) is 0. The van der Waals surface area contributed by atoms with Gasteiger partial charge in [0.1, 0.15) is 0 Å². The van der Waals surface area contributed by atoms with Crippen molar-refractivity contribution in [2.45, 2.75) is 45.4 Å². The van der Waals surface area contributed by atoms with E-state index >= 15 is 0 Å². The fourth-order valence-electron chi connectivity index (χ4n) is 0.875. The maximum Gasteiger partial charge on any atom is 0.204 e. The van der Waals surface area contributed by atoms with Gasteiger partial charge in [-0.1, -0.05) is 39.0 Å². The lowest BCUT2D eigenvalue weighted by atomic mass is 10.1. The predicted molar refractivity (Wildman–Crippen MR) is 49.6 cm³/mol. The molecule has 0 saturated carbocycles. The van der Waals surface area contributed by atoms with E-state index in [1.807, 2.05) is 0 Å². The molecule has 0 aliphatic heterocycles. The average Bonchev–Trinajstić information content (AvgIpc) is 2.06. The van der Waals surface area contributed by atoms with Gasteiger partial charge in [-0.25, -0.2) is 0 Å². The Bertz CT molecular complexity index is 72.9. The molecule has 74 valence electrons. The Hall–Kier alpha value is -0.600. The first-order valence-corrected chi connectivity index (χ1v) is 4.54. The van der Waals surface area contributed by atoms with E-state index in [0.717, 1.165) is 12.8 Å². The van der Waals surface area contributed by atoms with E-state index in [0.29, 0.717) is 0 Å². The summed E-state index contributed by atoms with van der Waals surface area (Å²) in [7, 11) is 0. The Labute approximate surface area is 74.3 Å². The molecule has 0 fully saturated rings. The molecule has 0 aromatic heterocycles. The number of nitrogens with two attached hydrogens (primary N) is 1. The molecule has 12 heavy (non-hydrogen) atoms. The van der Waals surface area contributed by atoms with Crippen LogP contribution in [0.25, 0.3) is 0 Å². The highest BCUT2D eigenvalue weighted by molar-refractivity contribution is 5.42. The Kier molecular flexibility index (Phi) is 19.5. The third kappa shape index (κ3) is 22.7. The Morgan fingerprint density at radius 3 is 2.00 bits per heavy atom. The van der Waals surface area contributed by atoms with Gasteiger partial charge in [0.25, 0.3) is 0 Å². The second-order valence-corrected chi connectivity index (χ2v) is 2.59. The third-order valence-corrected chi connectivity index (χ3v) is 1.49. The zero-order chi connectivity index (χ0) is 9.66. The summed E-state index contributed by atoms with van der Waals surface area (Å²) in [6.45, 7) is 2.06. The van der Waals surface area contributed by atoms with Crippen LogP contribution in [-0.2, 0) is 4.79 Å². The first-order chi connectivity index (χ1) is 5.83. The molecule has 0 heterocycles. The van der Waals surface area contributed by atoms with Crippen LogP contribution in [0.15, 0.2) is 0 Å². The zero-order valence-corrected chi connectivity index (χ0v) is 7.89. The van der Waals surface area contributed by atoms with Crippen molar-refractivity contribution in [3.8, 4) is 0 Å². The van der Waals surface area contributed by atoms with E-state index in [2.05, 4.69) is 12.7 Å². The summed E-state index contributed by atoms with van der Waals surface area (Å²) >= 11 is 0. The SMILES string of the molecule is CCCCCCCCF.NC=O. The summed E-state index contributed by atoms with van der Waals surface area (Å²) in [6.07, 6.45) is 7.19. The molecule has 0 aromatic rings. The van der Waals surface area contributed by atoms with E-state index in [1.54, 1.807) is 0 Å². The standard InChI is InChI=1S/C8H17F.CH3NO/c1-2-3-4-5-6-7-8-9;2-1-3/h2-8H2,1H3;1H,(H2,2,3). The summed E-state index contributed by atoms with van der Waals surface area (Å²) in [5.41, 5.74) is 4.17. The van der Waals surface area contributed by atoms with E-state index in [-0.39, 0.29) is 13.1 Å². The monoisotopic (exact) mass is 177 g/mol. The van der Waals surface area contributed by atoms with Crippen LogP contribution in [0.2, 0.25) is 0 Å². The molecule has 0 aliphatic rings. The molecule has 2 N–H and O–H groups in total. The lowest BCUT2D eigenvalue weighted by Crippen LogP contribution is -1.82. The van der Waals surface area contributed by atoms with E-state index in [4.69, 9.17) is 4.79 Å². The van der Waals surface area contributed by atoms with Gasteiger partial charge < -0.3 is 5.73 Å². The van der Waals surface area contributed by atoms with Crippen LogP contribution in [0.3, 0.4) is 0 Å². The number of rotatable bonds is 6. The number of hydrogen-bond acceptors (Lipinski definition) is 1. The molecule has 0 aliphatic carbocycles. The number of amides is 1. The van der Waals surface area contributed by atoms with Gasteiger partial charge in [-0.3, -0.25) is 9.18 Å². The van der Waals surface area contributed by atoms with Gasteiger partial charge in [-0.2, -0.15) is 0 Å². The van der Waals surface area contributed by atoms with Crippen molar-refractivity contribution in [3.63, 3.8) is 0 Å². The minimum absolute atomic E-state index is 0.133. The van der Waals surface area contributed by atoms with Gasteiger partial charge >= 0.3 is 0 Å². The van der Waals surface area contributed by atoms with Gasteiger partial charge in [0, 0.05) is 0 Å². The van der Waals surface area contributed by atoms with Gasteiger partial charge in [0.05, 0.1) is 6.67 Å². The fraction of sp³-hybridized carbons (Fsp3) is 0.889. The highest BCUT2D eigenvalue weighted by Gasteiger charge is 1.87. The largest absolute Gasteiger partial charge is 0.372 e. The lowest BCUT2D eigenvalue weighted by Gasteiger charge is -1.95. The van der Waals surface area contributed by atoms with Crippen LogP contribution in [-0.4, -0.2) is 13.1 Å². The maximum atomic E-state index is 11.5. The normalized spacial score (nSPS) is 8.50. The van der Waals surface area contributed by atoms with Crippen molar-refractivity contribution < 1.29 is 9.18 Å². The van der Waals surface area contributed by atoms with Crippen molar-refractivity contribution in [3.05, 3.63) is 0 Å². The van der Waals surface area contributed by atoms with Crippen molar-refractivity contribution in [2.75, 3.05) is 6.67 Å². The summed E-state index contributed by atoms with van der Waals surface area (Å²) in [6, 6.07) is 0. The number of unbranched alkanes of at least 4 members (excludes halogenated alkanes) is 5. The molecule has 0 radical (unpaired) electrons. The third-order valence-electron chi connectivity index (χ3n) is 1.49. The Morgan fingerprint density at radius 2 is 1.58 bits per heavy atom. The van der Waals surface area contributed by atoms with Gasteiger partial charge in [0.2, 0.25) is 6.41 Å². The van der Waals surface area contributed by atoms with Gasteiger partial charge in [-0.05, 0) is 6.42 Å². The molecule has 0 unspecified atom stereocenters. The Balaban J connectivity index is 0. The molecule has 0 atom stereocenters. The van der Waals surface area contributed by atoms with Crippen LogP contribution in [0.4, 0.5) is 4.39 Å².